The van der Waals surface area contributed by atoms with Gasteiger partial charge in [-0.3, -0.25) is 0 Å². The Morgan fingerprint density at radius 2 is 1.09 bits per heavy atom. The van der Waals surface area contributed by atoms with E-state index in [0.29, 0.717) is 11.5 Å². The van der Waals surface area contributed by atoms with Gasteiger partial charge in [-0.1, -0.05) is 89.0 Å². The highest BCUT2D eigenvalue weighted by Gasteiger charge is 2.40. The molecule has 186 valence electrons. The van der Waals surface area contributed by atoms with Gasteiger partial charge in [0.1, 0.15) is 11.5 Å². The number of aromatic hydroxyl groups is 2. The molecule has 2 fully saturated rings. The van der Waals surface area contributed by atoms with Crippen LogP contribution < -0.4 is 0 Å². The van der Waals surface area contributed by atoms with Gasteiger partial charge in [-0.2, -0.15) is 0 Å². The van der Waals surface area contributed by atoms with Crippen molar-refractivity contribution in [3.05, 3.63) is 59.7 Å². The van der Waals surface area contributed by atoms with Gasteiger partial charge in [0.15, 0.2) is 0 Å². The number of hydrogen-bond donors (Lipinski definition) is 2. The van der Waals surface area contributed by atoms with Gasteiger partial charge < -0.3 is 10.2 Å². The van der Waals surface area contributed by atoms with Crippen LogP contribution in [0.4, 0.5) is 0 Å². The van der Waals surface area contributed by atoms with Crippen molar-refractivity contribution in [1.82, 2.24) is 0 Å². The Labute approximate surface area is 207 Å². The van der Waals surface area contributed by atoms with Gasteiger partial charge in [-0.05, 0) is 91.7 Å². The highest BCUT2D eigenvalue weighted by Crippen LogP contribution is 2.50. The van der Waals surface area contributed by atoms with Crippen LogP contribution in [0.2, 0.25) is 0 Å². The molecule has 0 atom stereocenters. The van der Waals surface area contributed by atoms with Gasteiger partial charge in [-0.15, -0.1) is 0 Å². The fourth-order valence-corrected chi connectivity index (χ4v) is 7.07. The van der Waals surface area contributed by atoms with Crippen molar-refractivity contribution >= 4 is 0 Å². The molecule has 0 spiro atoms. The average Bonchev–Trinajstić information content (AvgIpc) is 2.87. The van der Waals surface area contributed by atoms with Crippen LogP contribution in [0.25, 0.3) is 0 Å². The molecule has 2 N–H and O–H groups in total. The minimum Gasteiger partial charge on any atom is -0.508 e. The Morgan fingerprint density at radius 1 is 0.618 bits per heavy atom. The lowest BCUT2D eigenvalue weighted by atomic mass is 9.60. The van der Waals surface area contributed by atoms with E-state index >= 15 is 0 Å². The molecule has 0 unspecified atom stereocenters. The molecule has 0 amide bonds. The Balaban J connectivity index is 1.32. The Hall–Kier alpha value is -1.96. The van der Waals surface area contributed by atoms with E-state index in [1.165, 1.54) is 94.6 Å². The van der Waals surface area contributed by atoms with Crippen molar-refractivity contribution in [2.45, 2.75) is 109 Å². The van der Waals surface area contributed by atoms with Gasteiger partial charge >= 0.3 is 0 Å². The molecular formula is C32H46O2. The van der Waals surface area contributed by atoms with Crippen molar-refractivity contribution in [3.63, 3.8) is 0 Å². The lowest BCUT2D eigenvalue weighted by Gasteiger charge is -2.44. The fraction of sp³-hybridized carbons (Fsp3) is 0.625. The Bertz CT molecular complexity index is 790. The molecule has 4 rings (SSSR count). The predicted octanol–water partition coefficient (Wildman–Crippen LogP) is 9.13. The van der Waals surface area contributed by atoms with E-state index in [1.54, 1.807) is 0 Å². The number of unbranched alkanes of at least 4 members (excludes halogenated alkanes) is 5. The molecule has 0 saturated heterocycles. The maximum absolute atomic E-state index is 9.85. The fourth-order valence-electron chi connectivity index (χ4n) is 7.07. The van der Waals surface area contributed by atoms with Crippen molar-refractivity contribution in [3.8, 4) is 11.5 Å². The summed E-state index contributed by atoms with van der Waals surface area (Å²) >= 11 is 0. The SMILES string of the molecule is CCCCCCCC[C@H]1CC[C@@H](C2CCC(c3ccc(O)cc3)(c3ccc(O)cc3)CC2)CC1. The van der Waals surface area contributed by atoms with Crippen molar-refractivity contribution < 1.29 is 10.2 Å². The molecule has 2 nitrogen and oxygen atoms in total. The minimum absolute atomic E-state index is 0.00707. The molecule has 2 aliphatic rings. The maximum Gasteiger partial charge on any atom is 0.115 e. The molecule has 0 radical (unpaired) electrons. The van der Waals surface area contributed by atoms with Gasteiger partial charge in [0, 0.05) is 5.41 Å². The van der Waals surface area contributed by atoms with Crippen LogP contribution in [0.15, 0.2) is 48.5 Å². The molecule has 0 bridgehead atoms. The predicted molar refractivity (Wildman–Crippen MR) is 142 cm³/mol. The highest BCUT2D eigenvalue weighted by molar-refractivity contribution is 5.43. The van der Waals surface area contributed by atoms with E-state index in [1.807, 2.05) is 24.3 Å². The highest BCUT2D eigenvalue weighted by atomic mass is 16.3. The van der Waals surface area contributed by atoms with E-state index in [-0.39, 0.29) is 5.41 Å². The summed E-state index contributed by atoms with van der Waals surface area (Å²) in [5, 5.41) is 19.7. The smallest absolute Gasteiger partial charge is 0.115 e. The normalized spacial score (nSPS) is 23.1. The second-order valence-electron chi connectivity index (χ2n) is 11.4. The zero-order valence-corrected chi connectivity index (χ0v) is 21.4. The van der Waals surface area contributed by atoms with Crippen LogP contribution in [0.5, 0.6) is 11.5 Å². The summed E-state index contributed by atoms with van der Waals surface area (Å²) in [4.78, 5) is 0. The third-order valence-electron chi connectivity index (χ3n) is 9.25. The van der Waals surface area contributed by atoms with Crippen LogP contribution in [0, 0.1) is 17.8 Å². The second kappa shape index (κ2) is 12.1. The Kier molecular flexibility index (Phi) is 8.98. The lowest BCUT2D eigenvalue weighted by Crippen LogP contribution is -2.35. The molecule has 0 heterocycles. The maximum atomic E-state index is 9.85. The molecule has 2 heteroatoms. The number of benzene rings is 2. The zero-order valence-electron chi connectivity index (χ0n) is 21.4. The molecule has 34 heavy (non-hydrogen) atoms. The summed E-state index contributed by atoms with van der Waals surface area (Å²) in [6.45, 7) is 2.30. The summed E-state index contributed by atoms with van der Waals surface area (Å²) in [5.41, 5.74) is 2.60. The first-order valence-corrected chi connectivity index (χ1v) is 14.2. The van der Waals surface area contributed by atoms with Crippen molar-refractivity contribution in [1.29, 1.82) is 0 Å². The largest absolute Gasteiger partial charge is 0.508 e. The number of rotatable bonds is 10. The topological polar surface area (TPSA) is 40.5 Å². The second-order valence-corrected chi connectivity index (χ2v) is 11.4. The monoisotopic (exact) mass is 462 g/mol. The average molecular weight is 463 g/mol. The van der Waals surface area contributed by atoms with E-state index in [2.05, 4.69) is 31.2 Å². The van der Waals surface area contributed by atoms with E-state index in [0.717, 1.165) is 30.6 Å². The summed E-state index contributed by atoms with van der Waals surface area (Å²) in [5.74, 6) is 3.42. The third-order valence-corrected chi connectivity index (χ3v) is 9.25. The van der Waals surface area contributed by atoms with Crippen LogP contribution in [-0.4, -0.2) is 10.2 Å². The van der Waals surface area contributed by atoms with Crippen LogP contribution in [0.3, 0.4) is 0 Å². The molecule has 2 saturated carbocycles. The first-order chi connectivity index (χ1) is 16.6. The summed E-state index contributed by atoms with van der Waals surface area (Å²) in [7, 11) is 0. The van der Waals surface area contributed by atoms with E-state index in [9.17, 15) is 10.2 Å². The molecule has 0 aliphatic heterocycles. The summed E-state index contributed by atoms with van der Waals surface area (Å²) < 4.78 is 0. The summed E-state index contributed by atoms with van der Waals surface area (Å²) in [6, 6.07) is 15.7. The van der Waals surface area contributed by atoms with Crippen molar-refractivity contribution in [2.24, 2.45) is 17.8 Å². The van der Waals surface area contributed by atoms with E-state index in [4.69, 9.17) is 0 Å². The molecule has 2 aliphatic carbocycles. The molecular weight excluding hydrogens is 416 g/mol. The van der Waals surface area contributed by atoms with Gasteiger partial charge in [0.05, 0.1) is 0 Å². The first kappa shape index (κ1) is 25.1. The summed E-state index contributed by atoms with van der Waals surface area (Å²) in [6.07, 6.45) is 20.7. The van der Waals surface area contributed by atoms with Crippen LogP contribution in [-0.2, 0) is 5.41 Å². The zero-order chi connectivity index (χ0) is 23.8. The number of hydrogen-bond acceptors (Lipinski definition) is 2. The van der Waals surface area contributed by atoms with Gasteiger partial charge in [0.25, 0.3) is 0 Å². The molecule has 2 aromatic carbocycles. The molecule has 0 aromatic heterocycles. The van der Waals surface area contributed by atoms with Crippen LogP contribution in [0.1, 0.15) is 114 Å². The quantitative estimate of drug-likeness (QED) is 0.346. The standard InChI is InChI=1S/C32H46O2/c1-2-3-4-5-6-7-8-25-9-11-26(12-10-25)27-21-23-32(24-22-27,28-13-17-30(33)18-14-28)29-15-19-31(34)20-16-29/h13-20,25-27,33-34H,2-12,21-24H2,1H3/t25-,26+. The first-order valence-electron chi connectivity index (χ1n) is 14.2. The third kappa shape index (κ3) is 6.18. The molecule has 2 aromatic rings. The minimum atomic E-state index is -0.00707. The number of phenols is 2. The lowest BCUT2D eigenvalue weighted by molar-refractivity contribution is 0.140. The van der Waals surface area contributed by atoms with Crippen molar-refractivity contribution in [2.75, 3.05) is 0 Å². The van der Waals surface area contributed by atoms with E-state index < -0.39 is 0 Å². The number of phenolic OH excluding ortho intramolecular Hbond substituents is 2. The van der Waals surface area contributed by atoms with Gasteiger partial charge in [-0.25, -0.2) is 0 Å². The Morgan fingerprint density at radius 3 is 1.62 bits per heavy atom. The van der Waals surface area contributed by atoms with Gasteiger partial charge in [0.2, 0.25) is 0 Å². The van der Waals surface area contributed by atoms with Crippen LogP contribution >= 0.6 is 0 Å².